The number of nitrogens with zero attached hydrogens (tertiary/aromatic N) is 1. The molecule has 6 aromatic rings. The van der Waals surface area contributed by atoms with Gasteiger partial charge in [0.1, 0.15) is 24.0 Å². The minimum absolute atomic E-state index is 0.279. The number of pyridine rings is 1. The SMILES string of the molecule is Cc1c(-c2cccc[n+]2C)ccc2oc3c(-c4ccc5ccccc5c4)c(F)ccc3c12. The molecule has 0 amide bonds. The van der Waals surface area contributed by atoms with Gasteiger partial charge in [0.15, 0.2) is 6.20 Å². The van der Waals surface area contributed by atoms with Crippen molar-refractivity contribution < 1.29 is 13.4 Å². The van der Waals surface area contributed by atoms with E-state index < -0.39 is 0 Å². The highest BCUT2D eigenvalue weighted by atomic mass is 19.1. The van der Waals surface area contributed by atoms with Crippen LogP contribution in [0.5, 0.6) is 0 Å². The highest BCUT2D eigenvalue weighted by Gasteiger charge is 2.21. The smallest absolute Gasteiger partial charge is 0.212 e. The van der Waals surface area contributed by atoms with Crippen LogP contribution in [0, 0.1) is 12.7 Å². The highest BCUT2D eigenvalue weighted by molar-refractivity contribution is 6.12. The molecule has 0 aliphatic heterocycles. The second-order valence-corrected chi connectivity index (χ2v) is 8.27. The molecule has 0 fully saturated rings. The van der Waals surface area contributed by atoms with Gasteiger partial charge in [0.05, 0.1) is 5.56 Å². The highest BCUT2D eigenvalue weighted by Crippen LogP contribution is 2.41. The van der Waals surface area contributed by atoms with Crippen molar-refractivity contribution >= 4 is 32.7 Å². The minimum Gasteiger partial charge on any atom is -0.455 e. The first-order chi connectivity index (χ1) is 15.6. The number of hydrogen-bond acceptors (Lipinski definition) is 1. The summed E-state index contributed by atoms with van der Waals surface area (Å²) in [4.78, 5) is 0. The fourth-order valence-electron chi connectivity index (χ4n) is 4.77. The molecule has 0 N–H and O–H groups in total. The standard InChI is InChI=1S/C29H21FNO/c1-18-22(25-9-5-6-16-31(25)2)13-15-26-27(18)23-12-14-24(30)28(29(23)32-26)21-11-10-19-7-3-4-8-20(19)17-21/h3-17H,1-2H3/q+1. The Labute approximate surface area is 185 Å². The third-order valence-electron chi connectivity index (χ3n) is 6.38. The molecule has 32 heavy (non-hydrogen) atoms. The Kier molecular flexibility index (Phi) is 4.12. The average molecular weight is 418 g/mol. The first-order valence-electron chi connectivity index (χ1n) is 10.7. The average Bonchev–Trinajstić information content (AvgIpc) is 3.19. The number of benzene rings is 4. The molecule has 6 rings (SSSR count). The summed E-state index contributed by atoms with van der Waals surface area (Å²) in [7, 11) is 2.04. The number of furan rings is 1. The number of aryl methyl sites for hydroxylation is 2. The Morgan fingerprint density at radius 3 is 2.47 bits per heavy atom. The van der Waals surface area contributed by atoms with Gasteiger partial charge in [-0.15, -0.1) is 0 Å². The molecule has 0 spiro atoms. The van der Waals surface area contributed by atoms with Gasteiger partial charge < -0.3 is 4.42 Å². The molecule has 0 atom stereocenters. The first kappa shape index (κ1) is 18.8. The van der Waals surface area contributed by atoms with E-state index in [1.165, 1.54) is 0 Å². The Bertz CT molecular complexity index is 1660. The van der Waals surface area contributed by atoms with E-state index in [1.807, 2.05) is 73.9 Å². The van der Waals surface area contributed by atoms with Crippen LogP contribution in [-0.2, 0) is 7.05 Å². The van der Waals surface area contributed by atoms with Crippen LogP contribution < -0.4 is 4.57 Å². The number of halogens is 1. The van der Waals surface area contributed by atoms with Crippen LogP contribution in [0.25, 0.3) is 55.1 Å². The van der Waals surface area contributed by atoms with Gasteiger partial charge in [-0.05, 0) is 65.2 Å². The number of fused-ring (bicyclic) bond motifs is 4. The molecule has 0 saturated heterocycles. The molecular weight excluding hydrogens is 397 g/mol. The van der Waals surface area contributed by atoms with E-state index in [9.17, 15) is 0 Å². The van der Waals surface area contributed by atoms with Gasteiger partial charge in [-0.3, -0.25) is 0 Å². The van der Waals surface area contributed by atoms with Gasteiger partial charge in [-0.25, -0.2) is 8.96 Å². The van der Waals surface area contributed by atoms with E-state index >= 15 is 4.39 Å². The largest absolute Gasteiger partial charge is 0.455 e. The Morgan fingerprint density at radius 1 is 0.812 bits per heavy atom. The van der Waals surface area contributed by atoms with E-state index in [0.717, 1.165) is 49.5 Å². The van der Waals surface area contributed by atoms with E-state index in [0.29, 0.717) is 11.1 Å². The second-order valence-electron chi connectivity index (χ2n) is 8.27. The summed E-state index contributed by atoms with van der Waals surface area (Å²) < 4.78 is 23.6. The van der Waals surface area contributed by atoms with Crippen molar-refractivity contribution in [3.63, 3.8) is 0 Å². The van der Waals surface area contributed by atoms with Crippen molar-refractivity contribution in [3.05, 3.63) is 103 Å². The molecule has 3 heteroatoms. The molecule has 2 nitrogen and oxygen atoms in total. The Morgan fingerprint density at radius 2 is 1.62 bits per heavy atom. The van der Waals surface area contributed by atoms with Crippen LogP contribution in [0.1, 0.15) is 5.56 Å². The summed E-state index contributed by atoms with van der Waals surface area (Å²) in [5, 5.41) is 4.17. The van der Waals surface area contributed by atoms with E-state index in [1.54, 1.807) is 6.07 Å². The molecule has 0 saturated carbocycles. The predicted octanol–water partition coefficient (Wildman–Crippen LogP) is 7.35. The predicted molar refractivity (Wildman–Crippen MR) is 128 cm³/mol. The van der Waals surface area contributed by atoms with Crippen LogP contribution in [0.4, 0.5) is 4.39 Å². The van der Waals surface area contributed by atoms with Crippen molar-refractivity contribution in [1.82, 2.24) is 0 Å². The summed E-state index contributed by atoms with van der Waals surface area (Å²) in [6.45, 7) is 2.11. The molecule has 0 aliphatic rings. The summed E-state index contributed by atoms with van der Waals surface area (Å²) in [5.74, 6) is -0.279. The summed E-state index contributed by atoms with van der Waals surface area (Å²) in [5.41, 5.74) is 6.08. The zero-order chi connectivity index (χ0) is 21.8. The molecule has 4 aromatic carbocycles. The lowest BCUT2D eigenvalue weighted by molar-refractivity contribution is -0.660. The molecule has 0 unspecified atom stereocenters. The Balaban J connectivity index is 1.65. The molecule has 2 heterocycles. The van der Waals surface area contributed by atoms with Crippen LogP contribution in [-0.4, -0.2) is 0 Å². The summed E-state index contributed by atoms with van der Waals surface area (Å²) in [6.07, 6.45) is 2.04. The van der Waals surface area contributed by atoms with Crippen molar-refractivity contribution in [2.24, 2.45) is 7.05 Å². The van der Waals surface area contributed by atoms with Crippen molar-refractivity contribution in [1.29, 1.82) is 0 Å². The maximum Gasteiger partial charge on any atom is 0.212 e. The number of aromatic nitrogens is 1. The maximum absolute atomic E-state index is 15.2. The van der Waals surface area contributed by atoms with Gasteiger partial charge in [0.25, 0.3) is 0 Å². The van der Waals surface area contributed by atoms with Gasteiger partial charge >= 0.3 is 0 Å². The van der Waals surface area contributed by atoms with Gasteiger partial charge in [-0.2, -0.15) is 0 Å². The number of hydrogen-bond donors (Lipinski definition) is 0. The fourth-order valence-corrected chi connectivity index (χ4v) is 4.77. The normalized spacial score (nSPS) is 11.6. The fraction of sp³-hybridized carbons (Fsp3) is 0.0690. The third-order valence-corrected chi connectivity index (χ3v) is 6.38. The minimum atomic E-state index is -0.279. The summed E-state index contributed by atoms with van der Waals surface area (Å²) >= 11 is 0. The first-order valence-corrected chi connectivity index (χ1v) is 10.7. The molecule has 0 bridgehead atoms. The molecule has 0 aliphatic carbocycles. The quantitative estimate of drug-likeness (QED) is 0.269. The second kappa shape index (κ2) is 7.03. The third kappa shape index (κ3) is 2.75. The maximum atomic E-state index is 15.2. The van der Waals surface area contributed by atoms with E-state index in [4.69, 9.17) is 4.42 Å². The van der Waals surface area contributed by atoms with Crippen LogP contribution in [0.3, 0.4) is 0 Å². The molecule has 154 valence electrons. The molecule has 2 aromatic heterocycles. The summed E-state index contributed by atoms with van der Waals surface area (Å²) in [6, 6.07) is 27.8. The van der Waals surface area contributed by atoms with Crippen LogP contribution in [0.15, 0.2) is 95.5 Å². The van der Waals surface area contributed by atoms with Gasteiger partial charge in [0, 0.05) is 28.5 Å². The van der Waals surface area contributed by atoms with Crippen molar-refractivity contribution in [2.45, 2.75) is 6.92 Å². The lowest BCUT2D eigenvalue weighted by Crippen LogP contribution is -2.30. The number of rotatable bonds is 2. The molecular formula is C29H21FNO+. The molecule has 0 radical (unpaired) electrons. The topological polar surface area (TPSA) is 17.0 Å². The lowest BCUT2D eigenvalue weighted by Gasteiger charge is -2.07. The van der Waals surface area contributed by atoms with Gasteiger partial charge in [0.2, 0.25) is 5.69 Å². The monoisotopic (exact) mass is 418 g/mol. The van der Waals surface area contributed by atoms with E-state index in [2.05, 4.69) is 29.7 Å². The zero-order valence-corrected chi connectivity index (χ0v) is 17.9. The van der Waals surface area contributed by atoms with Crippen LogP contribution >= 0.6 is 0 Å². The van der Waals surface area contributed by atoms with Crippen molar-refractivity contribution in [3.8, 4) is 22.4 Å². The van der Waals surface area contributed by atoms with E-state index in [-0.39, 0.29) is 5.82 Å². The lowest BCUT2D eigenvalue weighted by atomic mass is 9.96. The van der Waals surface area contributed by atoms with Crippen molar-refractivity contribution in [2.75, 3.05) is 0 Å². The van der Waals surface area contributed by atoms with Crippen LogP contribution in [0.2, 0.25) is 0 Å². The van der Waals surface area contributed by atoms with Gasteiger partial charge in [-0.1, -0.05) is 36.4 Å². The Hall–Kier alpha value is -3.98. The zero-order valence-electron chi connectivity index (χ0n) is 17.9.